The molecule has 1 aromatic rings. The minimum Gasteiger partial charge on any atom is -0.399 e. The number of nitrogens with one attached hydrogen (secondary N) is 1. The van der Waals surface area contributed by atoms with Gasteiger partial charge in [-0.05, 0) is 50.0 Å². The van der Waals surface area contributed by atoms with Gasteiger partial charge in [-0.2, -0.15) is 0 Å². The lowest BCUT2D eigenvalue weighted by Gasteiger charge is -2.33. The first kappa shape index (κ1) is 17.5. The Hall–Kier alpha value is -1.55. The molecule has 0 fully saturated rings. The van der Waals surface area contributed by atoms with E-state index in [0.717, 1.165) is 31.6 Å². The van der Waals surface area contributed by atoms with Gasteiger partial charge in [0.2, 0.25) is 5.91 Å². The van der Waals surface area contributed by atoms with Crippen molar-refractivity contribution < 1.29 is 4.79 Å². The van der Waals surface area contributed by atoms with Crippen LogP contribution in [0.3, 0.4) is 0 Å². The normalized spacial score (nSPS) is 12.7. The van der Waals surface area contributed by atoms with Gasteiger partial charge in [-0.1, -0.05) is 33.8 Å². The highest BCUT2D eigenvalue weighted by Crippen LogP contribution is 2.17. The van der Waals surface area contributed by atoms with E-state index in [1.165, 1.54) is 0 Å². The van der Waals surface area contributed by atoms with Gasteiger partial charge in [0.15, 0.2) is 0 Å². The summed E-state index contributed by atoms with van der Waals surface area (Å²) < 4.78 is 0. The molecule has 4 nitrogen and oxygen atoms in total. The molecule has 0 heterocycles. The number of amides is 1. The largest absolute Gasteiger partial charge is 0.399 e. The van der Waals surface area contributed by atoms with Crippen LogP contribution in [0.15, 0.2) is 24.3 Å². The van der Waals surface area contributed by atoms with Crippen molar-refractivity contribution in [2.24, 2.45) is 5.92 Å². The van der Waals surface area contributed by atoms with E-state index in [0.29, 0.717) is 5.69 Å². The first-order valence-electron chi connectivity index (χ1n) is 7.90. The van der Waals surface area contributed by atoms with Crippen molar-refractivity contribution in [1.82, 2.24) is 4.90 Å². The van der Waals surface area contributed by atoms with Crippen LogP contribution in [-0.4, -0.2) is 29.9 Å². The molecule has 21 heavy (non-hydrogen) atoms. The van der Waals surface area contributed by atoms with Crippen LogP contribution >= 0.6 is 0 Å². The van der Waals surface area contributed by atoms with Crippen LogP contribution in [-0.2, 0) is 4.79 Å². The van der Waals surface area contributed by atoms with Crippen molar-refractivity contribution in [3.63, 3.8) is 0 Å². The molecule has 1 unspecified atom stereocenters. The second-order valence-electron chi connectivity index (χ2n) is 5.84. The van der Waals surface area contributed by atoms with E-state index < -0.39 is 0 Å². The summed E-state index contributed by atoms with van der Waals surface area (Å²) >= 11 is 0. The molecule has 0 spiro atoms. The maximum Gasteiger partial charge on any atom is 0.241 e. The molecular weight excluding hydrogens is 262 g/mol. The summed E-state index contributed by atoms with van der Waals surface area (Å²) in [6.45, 7) is 10.4. The Kier molecular flexibility index (Phi) is 7.23. The number of rotatable bonds is 8. The Morgan fingerprint density at radius 1 is 1.24 bits per heavy atom. The van der Waals surface area contributed by atoms with Crippen molar-refractivity contribution in [3.8, 4) is 0 Å². The third-order valence-corrected chi connectivity index (χ3v) is 3.47. The highest BCUT2D eigenvalue weighted by Gasteiger charge is 2.28. The Morgan fingerprint density at radius 2 is 1.86 bits per heavy atom. The van der Waals surface area contributed by atoms with Crippen molar-refractivity contribution in [1.29, 1.82) is 0 Å². The van der Waals surface area contributed by atoms with Crippen molar-refractivity contribution in [2.75, 3.05) is 24.1 Å². The molecule has 0 radical (unpaired) electrons. The molecule has 0 saturated heterocycles. The Morgan fingerprint density at radius 3 is 2.33 bits per heavy atom. The zero-order chi connectivity index (χ0) is 15.8. The highest BCUT2D eigenvalue weighted by molar-refractivity contribution is 5.95. The maximum absolute atomic E-state index is 12.7. The number of anilines is 2. The van der Waals surface area contributed by atoms with Gasteiger partial charge in [-0.3, -0.25) is 9.69 Å². The molecule has 1 rings (SSSR count). The monoisotopic (exact) mass is 291 g/mol. The summed E-state index contributed by atoms with van der Waals surface area (Å²) in [5, 5.41) is 3.00. The van der Waals surface area contributed by atoms with E-state index in [4.69, 9.17) is 5.73 Å². The van der Waals surface area contributed by atoms with Crippen LogP contribution in [0.2, 0.25) is 0 Å². The lowest BCUT2D eigenvalue weighted by atomic mass is 10.0. The van der Waals surface area contributed by atoms with Crippen LogP contribution < -0.4 is 11.1 Å². The molecule has 0 aliphatic heterocycles. The molecular formula is C17H29N3O. The van der Waals surface area contributed by atoms with Crippen LogP contribution in [0.5, 0.6) is 0 Å². The van der Waals surface area contributed by atoms with Gasteiger partial charge in [-0.25, -0.2) is 0 Å². The molecule has 0 aromatic heterocycles. The third-order valence-electron chi connectivity index (χ3n) is 3.47. The zero-order valence-electron chi connectivity index (χ0n) is 13.7. The molecule has 3 N–H and O–H groups in total. The zero-order valence-corrected chi connectivity index (χ0v) is 13.7. The summed E-state index contributed by atoms with van der Waals surface area (Å²) in [6.07, 6.45) is 2.10. The molecule has 0 aliphatic rings. The average molecular weight is 291 g/mol. The average Bonchev–Trinajstić information content (AvgIpc) is 2.38. The minimum absolute atomic E-state index is 0.0532. The van der Waals surface area contributed by atoms with Gasteiger partial charge in [0.25, 0.3) is 0 Å². The van der Waals surface area contributed by atoms with Crippen LogP contribution in [0, 0.1) is 5.92 Å². The van der Waals surface area contributed by atoms with Crippen molar-refractivity contribution in [3.05, 3.63) is 24.3 Å². The summed E-state index contributed by atoms with van der Waals surface area (Å²) in [6, 6.07) is 7.22. The molecule has 1 aromatic carbocycles. The smallest absolute Gasteiger partial charge is 0.241 e. The number of hydrogen-bond donors (Lipinski definition) is 2. The third kappa shape index (κ3) is 5.38. The molecule has 118 valence electrons. The van der Waals surface area contributed by atoms with Crippen molar-refractivity contribution in [2.45, 2.75) is 46.6 Å². The van der Waals surface area contributed by atoms with E-state index in [2.05, 4.69) is 37.9 Å². The van der Waals surface area contributed by atoms with E-state index >= 15 is 0 Å². The number of nitrogen functional groups attached to an aromatic ring is 1. The second-order valence-corrected chi connectivity index (χ2v) is 5.84. The SMILES string of the molecule is CCCN(CCC)C(C(=O)Nc1cccc(N)c1)C(C)C. The number of hydrogen-bond acceptors (Lipinski definition) is 3. The highest BCUT2D eigenvalue weighted by atomic mass is 16.2. The van der Waals surface area contributed by atoms with E-state index in [9.17, 15) is 4.79 Å². The van der Waals surface area contributed by atoms with Crippen LogP contribution in [0.4, 0.5) is 11.4 Å². The fraction of sp³-hybridized carbons (Fsp3) is 0.588. The first-order valence-corrected chi connectivity index (χ1v) is 7.90. The fourth-order valence-corrected chi connectivity index (χ4v) is 2.69. The summed E-state index contributed by atoms with van der Waals surface area (Å²) in [7, 11) is 0. The quantitative estimate of drug-likeness (QED) is 0.722. The predicted octanol–water partition coefficient (Wildman–Crippen LogP) is 3.35. The summed E-state index contributed by atoms with van der Waals surface area (Å²) in [5.41, 5.74) is 7.19. The summed E-state index contributed by atoms with van der Waals surface area (Å²) in [4.78, 5) is 14.9. The van der Waals surface area contributed by atoms with E-state index in [-0.39, 0.29) is 17.9 Å². The number of carbonyl (C=O) groups excluding carboxylic acids is 1. The molecule has 0 bridgehead atoms. The molecule has 1 atom stereocenters. The topological polar surface area (TPSA) is 58.4 Å². The van der Waals surface area contributed by atoms with Gasteiger partial charge in [0.05, 0.1) is 6.04 Å². The molecule has 1 amide bonds. The Balaban J connectivity index is 2.85. The van der Waals surface area contributed by atoms with Crippen LogP contribution in [0.25, 0.3) is 0 Å². The number of nitrogens with two attached hydrogens (primary N) is 1. The van der Waals surface area contributed by atoms with Gasteiger partial charge in [-0.15, -0.1) is 0 Å². The van der Waals surface area contributed by atoms with Crippen LogP contribution in [0.1, 0.15) is 40.5 Å². The second kappa shape index (κ2) is 8.67. The van der Waals surface area contributed by atoms with Gasteiger partial charge in [0.1, 0.15) is 0 Å². The van der Waals surface area contributed by atoms with E-state index in [1.54, 1.807) is 6.07 Å². The maximum atomic E-state index is 12.7. The van der Waals surface area contributed by atoms with E-state index in [1.807, 2.05) is 18.2 Å². The van der Waals surface area contributed by atoms with Gasteiger partial charge in [0, 0.05) is 11.4 Å². The fourth-order valence-electron chi connectivity index (χ4n) is 2.69. The molecule has 0 saturated carbocycles. The number of benzene rings is 1. The van der Waals surface area contributed by atoms with Gasteiger partial charge < -0.3 is 11.1 Å². The predicted molar refractivity (Wildman–Crippen MR) is 90.3 cm³/mol. The molecule has 0 aliphatic carbocycles. The Labute approximate surface area is 128 Å². The minimum atomic E-state index is -0.105. The lowest BCUT2D eigenvalue weighted by molar-refractivity contribution is -0.122. The van der Waals surface area contributed by atoms with Crippen molar-refractivity contribution >= 4 is 17.3 Å². The van der Waals surface area contributed by atoms with Gasteiger partial charge >= 0.3 is 0 Å². The lowest BCUT2D eigenvalue weighted by Crippen LogP contribution is -2.48. The number of carbonyl (C=O) groups is 1. The number of nitrogens with zero attached hydrogens (tertiary/aromatic N) is 1. The summed E-state index contributed by atoms with van der Waals surface area (Å²) in [5.74, 6) is 0.321. The Bertz CT molecular complexity index is 439. The first-order chi connectivity index (χ1) is 9.99. The standard InChI is InChI=1S/C17H29N3O/c1-5-10-20(11-6-2)16(13(3)4)17(21)19-15-9-7-8-14(18)12-15/h7-9,12-13,16H,5-6,10-11,18H2,1-4H3,(H,19,21). The molecule has 4 heteroatoms.